The van der Waals surface area contributed by atoms with Crippen molar-refractivity contribution in [2.24, 2.45) is 4.99 Å². The number of aliphatic imine (C=N–C) groups is 1. The number of H-pyrrole nitrogens is 1. The molecule has 0 saturated heterocycles. The number of benzene rings is 2. The number of halogens is 1. The number of rotatable bonds is 7. The van der Waals surface area contributed by atoms with Crippen LogP contribution < -0.4 is 10.1 Å². The molecule has 5 nitrogen and oxygen atoms in total. The maximum atomic E-state index is 13.5. The average molecular weight is 469 g/mol. The summed E-state index contributed by atoms with van der Waals surface area (Å²) in [6.45, 7) is 11.4. The zero-order valence-corrected chi connectivity index (χ0v) is 20.2. The lowest BCUT2D eigenvalue weighted by molar-refractivity contribution is 0.484. The van der Waals surface area contributed by atoms with Gasteiger partial charge >= 0.3 is 0 Å². The maximum absolute atomic E-state index is 13.5. The predicted molar refractivity (Wildman–Crippen MR) is 142 cm³/mol. The van der Waals surface area contributed by atoms with E-state index in [4.69, 9.17) is 4.74 Å². The highest BCUT2D eigenvalue weighted by Crippen LogP contribution is 2.34. The molecule has 2 N–H and O–H groups in total. The summed E-state index contributed by atoms with van der Waals surface area (Å²) in [7, 11) is 0. The predicted octanol–water partition coefficient (Wildman–Crippen LogP) is 7.06. The first-order chi connectivity index (χ1) is 17.1. The molecule has 0 bridgehead atoms. The number of nitrogens with zero attached hydrogens (tertiary/aromatic N) is 2. The number of aromatic amines is 1. The van der Waals surface area contributed by atoms with Gasteiger partial charge in [0.05, 0.1) is 11.9 Å². The highest BCUT2D eigenvalue weighted by atomic mass is 19.1. The van der Waals surface area contributed by atoms with Gasteiger partial charge in [0.25, 0.3) is 0 Å². The second-order valence-corrected chi connectivity index (χ2v) is 7.90. The summed E-state index contributed by atoms with van der Waals surface area (Å²) >= 11 is 0. The fourth-order valence-corrected chi connectivity index (χ4v) is 3.90. The van der Waals surface area contributed by atoms with Crippen LogP contribution in [0.3, 0.4) is 0 Å². The number of hydrogen-bond acceptors (Lipinski definition) is 4. The largest absolute Gasteiger partial charge is 0.456 e. The second-order valence-electron chi connectivity index (χ2n) is 7.90. The Labute approximate surface area is 205 Å². The molecule has 2 aromatic carbocycles. The standard InChI is InChI=1S/C27H23FN4O.C2H6/c1-17-22(18(2)31-15-19-5-3-6-21(28)13-19)7-4-8-25(17)33-26-10-12-30-27-23(26)14-24(32-27)20-9-11-29-16-20;1-2/h3-10,12-14,16,31H,2,11,15H2,1H3,(H,30,32);1-2H3. The Morgan fingerprint density at radius 2 is 1.94 bits per heavy atom. The SMILES string of the molecule is C=C(NCc1cccc(F)c1)c1cccc(Oc2ccnc3[nH]c(C4=CCN=C4)cc23)c1C.CC. The first-order valence-electron chi connectivity index (χ1n) is 11.7. The van der Waals surface area contributed by atoms with Crippen molar-refractivity contribution in [2.45, 2.75) is 27.3 Å². The molecule has 3 heterocycles. The number of nitrogens with one attached hydrogen (secondary N) is 2. The molecule has 0 unspecified atom stereocenters. The first kappa shape index (κ1) is 24.0. The number of fused-ring (bicyclic) bond motifs is 1. The Balaban J connectivity index is 0.00000141. The zero-order chi connectivity index (χ0) is 24.8. The molecule has 178 valence electrons. The van der Waals surface area contributed by atoms with Gasteiger partial charge in [-0.2, -0.15) is 0 Å². The van der Waals surface area contributed by atoms with E-state index in [1.165, 1.54) is 12.1 Å². The van der Waals surface area contributed by atoms with Gasteiger partial charge in [-0.3, -0.25) is 4.99 Å². The van der Waals surface area contributed by atoms with Crippen LogP contribution in [0.1, 0.15) is 36.2 Å². The summed E-state index contributed by atoms with van der Waals surface area (Å²) in [5, 5.41) is 4.19. The molecule has 0 aliphatic carbocycles. The maximum Gasteiger partial charge on any atom is 0.141 e. The first-order valence-corrected chi connectivity index (χ1v) is 11.7. The van der Waals surface area contributed by atoms with Gasteiger partial charge in [0.15, 0.2) is 0 Å². The van der Waals surface area contributed by atoms with Gasteiger partial charge in [-0.25, -0.2) is 9.37 Å². The summed E-state index contributed by atoms with van der Waals surface area (Å²) in [5.41, 5.74) is 6.29. The zero-order valence-electron chi connectivity index (χ0n) is 20.2. The third kappa shape index (κ3) is 5.32. The van der Waals surface area contributed by atoms with Gasteiger partial charge in [0.1, 0.15) is 23.0 Å². The number of pyridine rings is 1. The minimum Gasteiger partial charge on any atom is -0.456 e. The Bertz CT molecular complexity index is 1420. The molecular weight excluding hydrogens is 439 g/mol. The molecule has 4 aromatic rings. The molecule has 6 heteroatoms. The van der Waals surface area contributed by atoms with Crippen molar-refractivity contribution in [3.63, 3.8) is 0 Å². The minimum absolute atomic E-state index is 0.250. The van der Waals surface area contributed by atoms with Crippen molar-refractivity contribution < 1.29 is 9.13 Å². The van der Waals surface area contributed by atoms with Crippen molar-refractivity contribution in [1.29, 1.82) is 0 Å². The van der Waals surface area contributed by atoms with Crippen LogP contribution in [0.25, 0.3) is 22.3 Å². The Morgan fingerprint density at radius 3 is 2.71 bits per heavy atom. The lowest BCUT2D eigenvalue weighted by Gasteiger charge is -2.16. The lowest BCUT2D eigenvalue weighted by atomic mass is 10.0. The van der Waals surface area contributed by atoms with E-state index < -0.39 is 0 Å². The van der Waals surface area contributed by atoms with Crippen LogP contribution >= 0.6 is 0 Å². The molecule has 5 rings (SSSR count). The average Bonchev–Trinajstić information content (AvgIpc) is 3.56. The van der Waals surface area contributed by atoms with E-state index in [1.54, 1.807) is 12.3 Å². The van der Waals surface area contributed by atoms with Crippen molar-refractivity contribution in [3.8, 4) is 11.5 Å². The smallest absolute Gasteiger partial charge is 0.141 e. The van der Waals surface area contributed by atoms with Gasteiger partial charge in [-0.05, 0) is 42.8 Å². The fraction of sp³-hybridized carbons (Fsp3) is 0.172. The minimum atomic E-state index is -0.250. The Kier molecular flexibility index (Phi) is 7.41. The molecule has 1 aliphatic rings. The second kappa shape index (κ2) is 10.8. The summed E-state index contributed by atoms with van der Waals surface area (Å²) in [6.07, 6.45) is 5.66. The van der Waals surface area contributed by atoms with Crippen LogP contribution in [0, 0.1) is 12.7 Å². The van der Waals surface area contributed by atoms with Gasteiger partial charge in [0.2, 0.25) is 0 Å². The van der Waals surface area contributed by atoms with Crippen LogP contribution in [-0.4, -0.2) is 22.7 Å². The Hall–Kier alpha value is -4.19. The van der Waals surface area contributed by atoms with Gasteiger partial charge in [0, 0.05) is 47.0 Å². The van der Waals surface area contributed by atoms with E-state index in [0.717, 1.165) is 56.2 Å². The Morgan fingerprint density at radius 1 is 1.11 bits per heavy atom. The van der Waals surface area contributed by atoms with E-state index >= 15 is 0 Å². The molecule has 1 aliphatic heterocycles. The molecule has 0 atom stereocenters. The molecule has 0 fully saturated rings. The summed E-state index contributed by atoms with van der Waals surface area (Å²) in [4.78, 5) is 12.0. The van der Waals surface area contributed by atoms with Crippen LogP contribution in [-0.2, 0) is 6.54 Å². The molecular formula is C29H29FN4O. The molecule has 0 amide bonds. The fourth-order valence-electron chi connectivity index (χ4n) is 3.90. The number of hydrogen-bond donors (Lipinski definition) is 2. The van der Waals surface area contributed by atoms with E-state index in [1.807, 2.05) is 63.4 Å². The van der Waals surface area contributed by atoms with Gasteiger partial charge < -0.3 is 15.0 Å². The van der Waals surface area contributed by atoms with Crippen LogP contribution in [0.4, 0.5) is 4.39 Å². The summed E-state index contributed by atoms with van der Waals surface area (Å²) in [6, 6.07) is 16.3. The third-order valence-electron chi connectivity index (χ3n) is 5.67. The van der Waals surface area contributed by atoms with Gasteiger partial charge in [-0.15, -0.1) is 0 Å². The van der Waals surface area contributed by atoms with Crippen molar-refractivity contribution in [1.82, 2.24) is 15.3 Å². The molecule has 0 spiro atoms. The van der Waals surface area contributed by atoms with Crippen molar-refractivity contribution >= 4 is 28.5 Å². The van der Waals surface area contributed by atoms with E-state index in [9.17, 15) is 4.39 Å². The highest BCUT2D eigenvalue weighted by molar-refractivity contribution is 6.12. The normalized spacial score (nSPS) is 12.2. The summed E-state index contributed by atoms with van der Waals surface area (Å²) < 4.78 is 19.8. The van der Waals surface area contributed by atoms with Crippen LogP contribution in [0.2, 0.25) is 0 Å². The van der Waals surface area contributed by atoms with E-state index in [2.05, 4.69) is 32.9 Å². The van der Waals surface area contributed by atoms with E-state index in [-0.39, 0.29) is 5.82 Å². The topological polar surface area (TPSA) is 62.3 Å². The molecule has 35 heavy (non-hydrogen) atoms. The van der Waals surface area contributed by atoms with Gasteiger partial charge in [-0.1, -0.05) is 50.8 Å². The number of aromatic nitrogens is 2. The number of ether oxygens (including phenoxy) is 1. The monoisotopic (exact) mass is 468 g/mol. The molecule has 0 saturated carbocycles. The van der Waals surface area contributed by atoms with E-state index in [0.29, 0.717) is 13.1 Å². The lowest BCUT2D eigenvalue weighted by Crippen LogP contribution is -2.12. The molecule has 2 aromatic heterocycles. The summed E-state index contributed by atoms with van der Waals surface area (Å²) in [5.74, 6) is 1.20. The number of allylic oxidation sites excluding steroid dienone is 1. The quantitative estimate of drug-likeness (QED) is 0.305. The molecule has 0 radical (unpaired) electrons. The van der Waals surface area contributed by atoms with Crippen molar-refractivity contribution in [2.75, 3.05) is 6.54 Å². The van der Waals surface area contributed by atoms with Crippen LogP contribution in [0.5, 0.6) is 11.5 Å². The highest BCUT2D eigenvalue weighted by Gasteiger charge is 2.14. The van der Waals surface area contributed by atoms with Crippen molar-refractivity contribution in [3.05, 3.63) is 102 Å². The van der Waals surface area contributed by atoms with Crippen LogP contribution in [0.15, 0.2) is 78.4 Å². The third-order valence-corrected chi connectivity index (χ3v) is 5.67.